The first-order valence-electron chi connectivity index (χ1n) is 9.56. The topological polar surface area (TPSA) is 44.6 Å². The molecule has 0 N–H and O–H groups in total. The Balaban J connectivity index is 1.49. The molecule has 0 radical (unpaired) electrons. The number of likely N-dealkylation sites (N-methyl/N-ethyl adjacent to an activating group) is 1. The van der Waals surface area contributed by atoms with Crippen molar-refractivity contribution in [2.75, 3.05) is 44.7 Å². The summed E-state index contributed by atoms with van der Waals surface area (Å²) in [6.07, 6.45) is -1.65. The minimum absolute atomic E-state index is 0.0229. The van der Waals surface area contributed by atoms with Gasteiger partial charge in [-0.25, -0.2) is 4.98 Å². The van der Waals surface area contributed by atoms with Gasteiger partial charge in [-0.1, -0.05) is 12.1 Å². The zero-order chi connectivity index (χ0) is 21.0. The number of piperazine rings is 1. The van der Waals surface area contributed by atoms with Crippen molar-refractivity contribution in [3.63, 3.8) is 0 Å². The Hall–Kier alpha value is -2.55. The number of anilines is 1. The van der Waals surface area contributed by atoms with Gasteiger partial charge in [-0.2, -0.15) is 13.2 Å². The molecule has 2 aromatic rings. The van der Waals surface area contributed by atoms with Crippen molar-refractivity contribution in [2.45, 2.75) is 26.2 Å². The standard InChI is InChI=1S/C20H26F3N5O/c1-16-4-3-5-17(12-16)26-8-10-27(11-9-26)19(29)14-25(2)13-18-24-6-7-28(18)15-20(21,22)23/h3-7,12H,8-11,13-15H2,1-2H3. The van der Waals surface area contributed by atoms with Crippen LogP contribution in [-0.2, 0) is 17.9 Å². The first-order valence-corrected chi connectivity index (χ1v) is 9.56. The van der Waals surface area contributed by atoms with Crippen LogP contribution < -0.4 is 4.90 Å². The van der Waals surface area contributed by atoms with Crippen LogP contribution in [0.4, 0.5) is 18.9 Å². The number of amides is 1. The van der Waals surface area contributed by atoms with E-state index in [0.717, 1.165) is 23.3 Å². The summed E-state index contributed by atoms with van der Waals surface area (Å²) >= 11 is 0. The lowest BCUT2D eigenvalue weighted by atomic mass is 10.2. The minimum Gasteiger partial charge on any atom is -0.368 e. The molecule has 1 aromatic carbocycles. The highest BCUT2D eigenvalue weighted by atomic mass is 19.4. The average molecular weight is 409 g/mol. The van der Waals surface area contributed by atoms with Gasteiger partial charge in [0.2, 0.25) is 5.91 Å². The van der Waals surface area contributed by atoms with Gasteiger partial charge < -0.3 is 14.4 Å². The fourth-order valence-corrected chi connectivity index (χ4v) is 3.50. The van der Waals surface area contributed by atoms with Crippen molar-refractivity contribution in [1.29, 1.82) is 0 Å². The number of halogens is 3. The van der Waals surface area contributed by atoms with Crippen molar-refractivity contribution in [2.24, 2.45) is 0 Å². The fourth-order valence-electron chi connectivity index (χ4n) is 3.50. The van der Waals surface area contributed by atoms with Gasteiger partial charge in [-0.15, -0.1) is 0 Å². The van der Waals surface area contributed by atoms with E-state index in [4.69, 9.17) is 0 Å². The second-order valence-corrected chi connectivity index (χ2v) is 7.47. The lowest BCUT2D eigenvalue weighted by Gasteiger charge is -2.36. The summed E-state index contributed by atoms with van der Waals surface area (Å²) in [7, 11) is 1.72. The summed E-state index contributed by atoms with van der Waals surface area (Å²) < 4.78 is 39.0. The summed E-state index contributed by atoms with van der Waals surface area (Å²) in [5.74, 6) is 0.271. The third-order valence-electron chi connectivity index (χ3n) is 4.97. The Morgan fingerprint density at radius 1 is 1.21 bits per heavy atom. The molecule has 0 spiro atoms. The maximum absolute atomic E-state index is 12.6. The Bertz CT molecular complexity index is 828. The predicted molar refractivity (Wildman–Crippen MR) is 105 cm³/mol. The van der Waals surface area contributed by atoms with Gasteiger partial charge in [0.05, 0.1) is 13.1 Å². The van der Waals surface area contributed by atoms with Crippen LogP contribution in [0.2, 0.25) is 0 Å². The highest BCUT2D eigenvalue weighted by Crippen LogP contribution is 2.19. The fraction of sp³-hybridized carbons (Fsp3) is 0.500. The Morgan fingerprint density at radius 3 is 2.59 bits per heavy atom. The molecule has 1 amide bonds. The van der Waals surface area contributed by atoms with E-state index in [9.17, 15) is 18.0 Å². The maximum atomic E-state index is 12.6. The van der Waals surface area contributed by atoms with Crippen LogP contribution in [0.5, 0.6) is 0 Å². The molecule has 1 aliphatic rings. The molecule has 1 aliphatic heterocycles. The molecule has 1 saturated heterocycles. The van der Waals surface area contributed by atoms with Gasteiger partial charge in [-0.05, 0) is 31.7 Å². The summed E-state index contributed by atoms with van der Waals surface area (Å²) in [5.41, 5.74) is 2.36. The van der Waals surface area contributed by atoms with E-state index in [-0.39, 0.29) is 19.0 Å². The molecule has 0 unspecified atom stereocenters. The van der Waals surface area contributed by atoms with Gasteiger partial charge >= 0.3 is 6.18 Å². The molecule has 0 saturated carbocycles. The molecule has 6 nitrogen and oxygen atoms in total. The number of alkyl halides is 3. The van der Waals surface area contributed by atoms with E-state index in [0.29, 0.717) is 18.9 Å². The van der Waals surface area contributed by atoms with E-state index in [2.05, 4.69) is 35.0 Å². The Labute approximate surface area is 168 Å². The maximum Gasteiger partial charge on any atom is 0.406 e. The van der Waals surface area contributed by atoms with E-state index >= 15 is 0 Å². The van der Waals surface area contributed by atoms with Crippen LogP contribution in [0, 0.1) is 6.92 Å². The predicted octanol–water partition coefficient (Wildman–Crippen LogP) is 2.53. The molecule has 0 atom stereocenters. The number of rotatable bonds is 6. The summed E-state index contributed by atoms with van der Waals surface area (Å²) in [5, 5.41) is 0. The molecule has 158 valence electrons. The number of imidazole rings is 1. The Kier molecular flexibility index (Phi) is 6.46. The summed E-state index contributed by atoms with van der Waals surface area (Å²) in [6, 6.07) is 8.29. The molecular formula is C20H26F3N5O. The second kappa shape index (κ2) is 8.86. The lowest BCUT2D eigenvalue weighted by Crippen LogP contribution is -2.51. The highest BCUT2D eigenvalue weighted by Gasteiger charge is 2.29. The number of aryl methyl sites for hydroxylation is 1. The molecule has 0 bridgehead atoms. The molecule has 2 heterocycles. The second-order valence-electron chi connectivity index (χ2n) is 7.47. The molecule has 9 heteroatoms. The van der Waals surface area contributed by atoms with Crippen molar-refractivity contribution in [1.82, 2.24) is 19.4 Å². The average Bonchev–Trinajstić information content (AvgIpc) is 3.06. The van der Waals surface area contributed by atoms with Gasteiger partial charge in [0, 0.05) is 44.3 Å². The first kappa shape index (κ1) is 21.2. The molecule has 0 aliphatic carbocycles. The number of hydrogen-bond acceptors (Lipinski definition) is 4. The van der Waals surface area contributed by atoms with Crippen molar-refractivity contribution in [3.8, 4) is 0 Å². The van der Waals surface area contributed by atoms with E-state index in [1.165, 1.54) is 18.0 Å². The zero-order valence-corrected chi connectivity index (χ0v) is 16.7. The monoisotopic (exact) mass is 409 g/mol. The number of benzene rings is 1. The van der Waals surface area contributed by atoms with E-state index in [1.54, 1.807) is 11.9 Å². The van der Waals surface area contributed by atoms with Crippen LogP contribution in [0.15, 0.2) is 36.7 Å². The largest absolute Gasteiger partial charge is 0.406 e. The first-order chi connectivity index (χ1) is 13.7. The van der Waals surface area contributed by atoms with Crippen LogP contribution in [0.25, 0.3) is 0 Å². The minimum atomic E-state index is -4.30. The lowest BCUT2D eigenvalue weighted by molar-refractivity contribution is -0.141. The van der Waals surface area contributed by atoms with Crippen LogP contribution in [0.1, 0.15) is 11.4 Å². The SMILES string of the molecule is Cc1cccc(N2CCN(C(=O)CN(C)Cc3nccn3CC(F)(F)F)CC2)c1. The summed E-state index contributed by atoms with van der Waals surface area (Å²) in [6.45, 7) is 4.07. The van der Waals surface area contributed by atoms with Crippen LogP contribution in [0.3, 0.4) is 0 Å². The van der Waals surface area contributed by atoms with Gasteiger partial charge in [0.25, 0.3) is 0 Å². The van der Waals surface area contributed by atoms with Crippen molar-refractivity contribution in [3.05, 3.63) is 48.0 Å². The summed E-state index contributed by atoms with van der Waals surface area (Å²) in [4.78, 5) is 22.4. The van der Waals surface area contributed by atoms with E-state index < -0.39 is 12.7 Å². The van der Waals surface area contributed by atoms with Crippen molar-refractivity contribution >= 4 is 11.6 Å². The molecule has 29 heavy (non-hydrogen) atoms. The van der Waals surface area contributed by atoms with Crippen LogP contribution in [-0.4, -0.2) is 71.2 Å². The highest BCUT2D eigenvalue weighted by molar-refractivity contribution is 5.78. The number of carbonyl (C=O) groups is 1. The quantitative estimate of drug-likeness (QED) is 0.736. The molecular weight excluding hydrogens is 383 g/mol. The normalized spacial score (nSPS) is 15.2. The Morgan fingerprint density at radius 2 is 1.93 bits per heavy atom. The van der Waals surface area contributed by atoms with Gasteiger partial charge in [-0.3, -0.25) is 9.69 Å². The third kappa shape index (κ3) is 5.96. The molecule has 1 fully saturated rings. The smallest absolute Gasteiger partial charge is 0.368 e. The van der Waals surface area contributed by atoms with Gasteiger partial charge in [0.1, 0.15) is 12.4 Å². The molecule has 1 aromatic heterocycles. The number of hydrogen-bond donors (Lipinski definition) is 0. The number of carbonyl (C=O) groups excluding carboxylic acids is 1. The van der Waals surface area contributed by atoms with Gasteiger partial charge in [0.15, 0.2) is 0 Å². The molecule has 3 rings (SSSR count). The van der Waals surface area contributed by atoms with Crippen LogP contribution >= 0.6 is 0 Å². The number of nitrogens with zero attached hydrogens (tertiary/aromatic N) is 5. The van der Waals surface area contributed by atoms with E-state index in [1.807, 2.05) is 11.0 Å². The third-order valence-corrected chi connectivity index (χ3v) is 4.97. The number of aromatic nitrogens is 2. The van der Waals surface area contributed by atoms with Crippen molar-refractivity contribution < 1.29 is 18.0 Å². The zero-order valence-electron chi connectivity index (χ0n) is 16.7.